The second-order valence-corrected chi connectivity index (χ2v) is 3.82. The summed E-state index contributed by atoms with van der Waals surface area (Å²) >= 11 is 0. The Morgan fingerprint density at radius 1 is 1.39 bits per heavy atom. The number of hydrogen-bond donors (Lipinski definition) is 1. The molecule has 0 saturated heterocycles. The highest BCUT2D eigenvalue weighted by Crippen LogP contribution is 2.16. The van der Waals surface area contributed by atoms with E-state index in [1.807, 2.05) is 0 Å². The summed E-state index contributed by atoms with van der Waals surface area (Å²) in [5.41, 5.74) is 0.488. The maximum atomic E-state index is 13.8. The van der Waals surface area contributed by atoms with Crippen LogP contribution in [0.3, 0.4) is 0 Å². The predicted molar refractivity (Wildman–Crippen MR) is 69.2 cm³/mol. The maximum Gasteiger partial charge on any atom is 0.336 e. The first-order chi connectivity index (χ1) is 8.47. The number of nitrogens with zero attached hydrogens (tertiary/aromatic N) is 2. The van der Waals surface area contributed by atoms with Crippen LogP contribution in [-0.2, 0) is 0 Å². The van der Waals surface area contributed by atoms with E-state index >= 15 is 0 Å². The normalized spacial score (nSPS) is 11.2. The van der Waals surface area contributed by atoms with E-state index in [1.54, 1.807) is 20.8 Å². The molecular weight excluding hydrogens is 235 g/mol. The number of benzene rings is 1. The lowest BCUT2D eigenvalue weighted by Gasteiger charge is -2.07. The van der Waals surface area contributed by atoms with Gasteiger partial charge in [0.05, 0.1) is 11.1 Å². The quantitative estimate of drug-likeness (QED) is 0.662. The zero-order valence-electron chi connectivity index (χ0n) is 10.6. The average Bonchev–Trinajstić information content (AvgIpc) is 2.27. The van der Waals surface area contributed by atoms with Gasteiger partial charge in [-0.15, -0.1) is 0 Å². The SMILES string of the molecule is CC/N=C(\N=C(C)C)c1c(F)cccc1C(=O)O. The van der Waals surface area contributed by atoms with Crippen molar-refractivity contribution in [2.45, 2.75) is 20.8 Å². The molecule has 0 aliphatic heterocycles. The Bertz CT molecular complexity index is 518. The molecule has 5 heteroatoms. The van der Waals surface area contributed by atoms with Crippen LogP contribution in [0, 0.1) is 5.82 Å². The van der Waals surface area contributed by atoms with Crippen molar-refractivity contribution < 1.29 is 14.3 Å². The van der Waals surface area contributed by atoms with Crippen LogP contribution in [-0.4, -0.2) is 29.2 Å². The average molecular weight is 250 g/mol. The maximum absolute atomic E-state index is 13.8. The van der Waals surface area contributed by atoms with E-state index in [-0.39, 0.29) is 17.0 Å². The molecule has 0 saturated carbocycles. The lowest BCUT2D eigenvalue weighted by atomic mass is 10.1. The fourth-order valence-electron chi connectivity index (χ4n) is 1.46. The van der Waals surface area contributed by atoms with Gasteiger partial charge >= 0.3 is 5.97 Å². The lowest BCUT2D eigenvalue weighted by molar-refractivity contribution is 0.0696. The number of rotatable bonds is 3. The molecule has 18 heavy (non-hydrogen) atoms. The number of aromatic carboxylic acids is 1. The summed E-state index contributed by atoms with van der Waals surface area (Å²) in [4.78, 5) is 19.3. The van der Waals surface area contributed by atoms with Gasteiger partial charge in [-0.3, -0.25) is 4.99 Å². The summed E-state index contributed by atoms with van der Waals surface area (Å²) in [6.45, 7) is 5.67. The topological polar surface area (TPSA) is 62.0 Å². The molecule has 0 amide bonds. The Balaban J connectivity index is 3.50. The summed E-state index contributed by atoms with van der Waals surface area (Å²) in [5, 5.41) is 9.07. The fourth-order valence-corrected chi connectivity index (χ4v) is 1.46. The Labute approximate surface area is 105 Å². The smallest absolute Gasteiger partial charge is 0.336 e. The van der Waals surface area contributed by atoms with Crippen molar-refractivity contribution in [1.82, 2.24) is 0 Å². The molecule has 0 heterocycles. The summed E-state index contributed by atoms with van der Waals surface area (Å²) in [6.07, 6.45) is 0. The number of amidine groups is 1. The monoisotopic (exact) mass is 250 g/mol. The lowest BCUT2D eigenvalue weighted by Crippen LogP contribution is -2.12. The highest BCUT2D eigenvalue weighted by atomic mass is 19.1. The number of aliphatic imine (C=N–C) groups is 2. The standard InChI is InChI=1S/C13H15FN2O2/c1-4-15-12(16-8(2)3)11-9(13(17)18)6-5-7-10(11)14/h5-7H,4H2,1-3H3,(H,17,18)/b15-12-. The van der Waals surface area contributed by atoms with Gasteiger partial charge in [0.1, 0.15) is 5.82 Å². The van der Waals surface area contributed by atoms with E-state index in [1.165, 1.54) is 18.2 Å². The molecule has 0 unspecified atom stereocenters. The Morgan fingerprint density at radius 2 is 2.06 bits per heavy atom. The first-order valence-corrected chi connectivity index (χ1v) is 5.55. The molecular formula is C13H15FN2O2. The van der Waals surface area contributed by atoms with Gasteiger partial charge in [-0.2, -0.15) is 0 Å². The second kappa shape index (κ2) is 6.05. The van der Waals surface area contributed by atoms with Gasteiger partial charge in [0.2, 0.25) is 0 Å². The van der Waals surface area contributed by atoms with Crippen LogP contribution < -0.4 is 0 Å². The summed E-state index contributed by atoms with van der Waals surface area (Å²) in [7, 11) is 0. The number of carboxylic acids is 1. The molecule has 4 nitrogen and oxygen atoms in total. The van der Waals surface area contributed by atoms with E-state index in [9.17, 15) is 9.18 Å². The van der Waals surface area contributed by atoms with Crippen molar-refractivity contribution in [3.8, 4) is 0 Å². The third-order valence-electron chi connectivity index (χ3n) is 2.11. The Morgan fingerprint density at radius 3 is 2.56 bits per heavy atom. The molecule has 1 N–H and O–H groups in total. The number of carboxylic acid groups (broad SMARTS) is 1. The Kier molecular flexibility index (Phi) is 4.71. The molecule has 0 aliphatic rings. The van der Waals surface area contributed by atoms with Gasteiger partial charge in [-0.05, 0) is 32.9 Å². The van der Waals surface area contributed by atoms with E-state index in [0.29, 0.717) is 12.3 Å². The summed E-state index contributed by atoms with van der Waals surface area (Å²) in [6, 6.07) is 3.90. The largest absolute Gasteiger partial charge is 0.478 e. The van der Waals surface area contributed by atoms with Crippen LogP contribution in [0.25, 0.3) is 0 Å². The van der Waals surface area contributed by atoms with Crippen LogP contribution in [0.4, 0.5) is 4.39 Å². The van der Waals surface area contributed by atoms with Crippen molar-refractivity contribution in [2.24, 2.45) is 9.98 Å². The van der Waals surface area contributed by atoms with Gasteiger partial charge in [-0.25, -0.2) is 14.2 Å². The van der Waals surface area contributed by atoms with Gasteiger partial charge < -0.3 is 5.11 Å². The van der Waals surface area contributed by atoms with E-state index in [0.717, 1.165) is 0 Å². The van der Waals surface area contributed by atoms with Crippen molar-refractivity contribution in [3.63, 3.8) is 0 Å². The third-order valence-corrected chi connectivity index (χ3v) is 2.11. The van der Waals surface area contributed by atoms with Crippen LogP contribution in [0.2, 0.25) is 0 Å². The minimum Gasteiger partial charge on any atom is -0.478 e. The molecule has 1 aromatic rings. The first-order valence-electron chi connectivity index (χ1n) is 5.55. The van der Waals surface area contributed by atoms with Crippen molar-refractivity contribution in [3.05, 3.63) is 35.1 Å². The van der Waals surface area contributed by atoms with Crippen LogP contribution in [0.5, 0.6) is 0 Å². The third kappa shape index (κ3) is 3.23. The fraction of sp³-hybridized carbons (Fsp3) is 0.308. The number of hydrogen-bond acceptors (Lipinski definition) is 2. The summed E-state index contributed by atoms with van der Waals surface area (Å²) in [5.74, 6) is -1.71. The van der Waals surface area contributed by atoms with E-state index in [2.05, 4.69) is 9.98 Å². The minimum absolute atomic E-state index is 0.0620. The predicted octanol–water partition coefficient (Wildman–Crippen LogP) is 2.77. The molecule has 0 atom stereocenters. The molecule has 0 aromatic heterocycles. The van der Waals surface area contributed by atoms with Gasteiger partial charge in [0, 0.05) is 12.3 Å². The number of halogens is 1. The molecule has 0 fully saturated rings. The molecule has 0 spiro atoms. The molecule has 0 bridgehead atoms. The van der Waals surface area contributed by atoms with Gasteiger partial charge in [0.15, 0.2) is 5.84 Å². The molecule has 0 radical (unpaired) electrons. The molecule has 1 aromatic carbocycles. The van der Waals surface area contributed by atoms with Crippen LogP contribution in [0.15, 0.2) is 28.2 Å². The highest BCUT2D eigenvalue weighted by Gasteiger charge is 2.18. The van der Waals surface area contributed by atoms with Gasteiger partial charge in [-0.1, -0.05) is 6.07 Å². The van der Waals surface area contributed by atoms with E-state index in [4.69, 9.17) is 5.11 Å². The van der Waals surface area contributed by atoms with Crippen molar-refractivity contribution in [2.75, 3.05) is 6.54 Å². The number of carbonyl (C=O) groups is 1. The van der Waals surface area contributed by atoms with Crippen molar-refractivity contribution in [1.29, 1.82) is 0 Å². The summed E-state index contributed by atoms with van der Waals surface area (Å²) < 4.78 is 13.8. The molecule has 1 rings (SSSR count). The zero-order valence-corrected chi connectivity index (χ0v) is 10.6. The molecule has 0 aliphatic carbocycles. The van der Waals surface area contributed by atoms with Crippen LogP contribution >= 0.6 is 0 Å². The van der Waals surface area contributed by atoms with Gasteiger partial charge in [0.25, 0.3) is 0 Å². The zero-order chi connectivity index (χ0) is 13.7. The second-order valence-electron chi connectivity index (χ2n) is 3.82. The van der Waals surface area contributed by atoms with Crippen molar-refractivity contribution >= 4 is 17.5 Å². The van der Waals surface area contributed by atoms with Crippen LogP contribution in [0.1, 0.15) is 36.7 Å². The Hall–Kier alpha value is -2.04. The first kappa shape index (κ1) is 14.0. The molecule has 96 valence electrons. The minimum atomic E-state index is -1.20. The highest BCUT2D eigenvalue weighted by molar-refractivity contribution is 6.11. The van der Waals surface area contributed by atoms with E-state index < -0.39 is 11.8 Å².